The molecule has 2 heterocycles. The fraction of sp³-hybridized carbons (Fsp3) is 0.667. The highest BCUT2D eigenvalue weighted by Gasteiger charge is 2.26. The normalized spacial score (nSPS) is 15.4. The predicted molar refractivity (Wildman–Crippen MR) is 66.8 cm³/mol. The topological polar surface area (TPSA) is 73.4 Å². The molecule has 1 aliphatic heterocycles. The zero-order valence-electron chi connectivity index (χ0n) is 11.1. The predicted octanol–water partition coefficient (Wildman–Crippen LogP) is 1.09. The number of carbonyl (C=O) groups is 1. The molecule has 0 aromatic carbocycles. The van der Waals surface area contributed by atoms with E-state index in [1.54, 1.807) is 4.90 Å². The van der Waals surface area contributed by atoms with Gasteiger partial charge in [-0.1, -0.05) is 0 Å². The summed E-state index contributed by atoms with van der Waals surface area (Å²) in [6, 6.07) is 1.99. The molecule has 1 aromatic rings. The first kappa shape index (κ1) is 12.9. The van der Waals surface area contributed by atoms with Gasteiger partial charge in [0.15, 0.2) is 0 Å². The second kappa shape index (κ2) is 4.61. The van der Waals surface area contributed by atoms with Crippen LogP contribution in [0.5, 0.6) is 0 Å². The number of rotatable bonds is 1. The van der Waals surface area contributed by atoms with Crippen molar-refractivity contribution in [1.82, 2.24) is 14.7 Å². The number of nitrogens with zero attached hydrogens (tertiary/aromatic N) is 3. The van der Waals surface area contributed by atoms with E-state index in [0.717, 1.165) is 17.8 Å². The number of ether oxygens (including phenoxy) is 1. The molecule has 0 saturated heterocycles. The summed E-state index contributed by atoms with van der Waals surface area (Å²) in [4.78, 5) is 13.6. The first-order chi connectivity index (χ1) is 8.39. The quantitative estimate of drug-likeness (QED) is 0.812. The standard InChI is InChI=1S/C12H20N4O2/c1-12(2,3)18-11(17)15-5-4-10-6-9(7-13)14-16(10)8-15/h6H,4-5,7-8,13H2,1-3H3. The first-order valence-electron chi connectivity index (χ1n) is 6.12. The molecule has 0 unspecified atom stereocenters. The molecule has 2 rings (SSSR count). The maximum atomic E-state index is 11.9. The van der Waals surface area contributed by atoms with Crippen LogP contribution in [0.4, 0.5) is 4.79 Å². The van der Waals surface area contributed by atoms with Crippen molar-refractivity contribution in [2.75, 3.05) is 6.54 Å². The lowest BCUT2D eigenvalue weighted by Crippen LogP contribution is -2.42. The molecule has 0 spiro atoms. The van der Waals surface area contributed by atoms with Gasteiger partial charge in [0, 0.05) is 25.2 Å². The molecule has 6 heteroatoms. The van der Waals surface area contributed by atoms with Crippen molar-refractivity contribution >= 4 is 6.09 Å². The monoisotopic (exact) mass is 252 g/mol. The molecule has 2 N–H and O–H groups in total. The van der Waals surface area contributed by atoms with Crippen molar-refractivity contribution in [2.24, 2.45) is 5.73 Å². The number of nitrogens with two attached hydrogens (primary N) is 1. The highest BCUT2D eigenvalue weighted by Crippen LogP contribution is 2.16. The summed E-state index contributed by atoms with van der Waals surface area (Å²) in [6.45, 7) is 7.10. The Morgan fingerprint density at radius 1 is 1.56 bits per heavy atom. The Morgan fingerprint density at radius 2 is 2.28 bits per heavy atom. The van der Waals surface area contributed by atoms with Crippen molar-refractivity contribution in [3.05, 3.63) is 17.5 Å². The van der Waals surface area contributed by atoms with E-state index >= 15 is 0 Å². The number of aromatic nitrogens is 2. The van der Waals surface area contributed by atoms with E-state index in [1.165, 1.54) is 0 Å². The van der Waals surface area contributed by atoms with Crippen LogP contribution in [0.1, 0.15) is 32.2 Å². The van der Waals surface area contributed by atoms with Crippen LogP contribution in [0.15, 0.2) is 6.07 Å². The zero-order chi connectivity index (χ0) is 13.3. The molecule has 1 amide bonds. The Bertz CT molecular complexity index is 447. The lowest BCUT2D eigenvalue weighted by molar-refractivity contribution is 0.0150. The van der Waals surface area contributed by atoms with E-state index < -0.39 is 5.60 Å². The van der Waals surface area contributed by atoms with Gasteiger partial charge in [-0.3, -0.25) is 4.90 Å². The van der Waals surface area contributed by atoms with Crippen LogP contribution in [-0.4, -0.2) is 32.9 Å². The Morgan fingerprint density at radius 3 is 2.89 bits per heavy atom. The molecule has 0 saturated carbocycles. The SMILES string of the molecule is CC(C)(C)OC(=O)N1CCc2cc(CN)nn2C1. The van der Waals surface area contributed by atoms with Crippen molar-refractivity contribution in [3.63, 3.8) is 0 Å². The van der Waals surface area contributed by atoms with Crippen LogP contribution in [-0.2, 0) is 24.4 Å². The minimum absolute atomic E-state index is 0.294. The van der Waals surface area contributed by atoms with Crippen molar-refractivity contribution in [3.8, 4) is 0 Å². The summed E-state index contributed by atoms with van der Waals surface area (Å²) in [5, 5.41) is 4.34. The van der Waals surface area contributed by atoms with Gasteiger partial charge in [-0.2, -0.15) is 5.10 Å². The second-order valence-corrected chi connectivity index (χ2v) is 5.47. The molecule has 1 aromatic heterocycles. The van der Waals surface area contributed by atoms with Crippen LogP contribution in [0.25, 0.3) is 0 Å². The molecule has 0 atom stereocenters. The van der Waals surface area contributed by atoms with Gasteiger partial charge >= 0.3 is 6.09 Å². The van der Waals surface area contributed by atoms with Gasteiger partial charge in [0.2, 0.25) is 0 Å². The molecule has 0 aliphatic carbocycles. The smallest absolute Gasteiger partial charge is 0.411 e. The average Bonchev–Trinajstić information content (AvgIpc) is 2.68. The third-order valence-electron chi connectivity index (χ3n) is 2.72. The molecule has 0 fully saturated rings. The van der Waals surface area contributed by atoms with E-state index in [0.29, 0.717) is 19.8 Å². The summed E-state index contributed by atoms with van der Waals surface area (Å²) in [7, 11) is 0. The lowest BCUT2D eigenvalue weighted by atomic mass is 10.2. The van der Waals surface area contributed by atoms with Crippen molar-refractivity contribution in [1.29, 1.82) is 0 Å². The summed E-state index contributed by atoms with van der Waals surface area (Å²) >= 11 is 0. The minimum Gasteiger partial charge on any atom is -0.444 e. The number of hydrogen-bond acceptors (Lipinski definition) is 4. The van der Waals surface area contributed by atoms with Gasteiger partial charge in [-0.25, -0.2) is 9.48 Å². The van der Waals surface area contributed by atoms with Gasteiger partial charge in [-0.05, 0) is 26.8 Å². The molecule has 1 aliphatic rings. The van der Waals surface area contributed by atoms with Crippen LogP contribution in [0.3, 0.4) is 0 Å². The fourth-order valence-electron chi connectivity index (χ4n) is 1.90. The van der Waals surface area contributed by atoms with Crippen LogP contribution >= 0.6 is 0 Å². The number of amides is 1. The lowest BCUT2D eigenvalue weighted by Gasteiger charge is -2.30. The number of hydrogen-bond donors (Lipinski definition) is 1. The molecule has 100 valence electrons. The minimum atomic E-state index is -0.468. The highest BCUT2D eigenvalue weighted by molar-refractivity contribution is 5.68. The van der Waals surface area contributed by atoms with Crippen LogP contribution in [0.2, 0.25) is 0 Å². The van der Waals surface area contributed by atoms with E-state index in [2.05, 4.69) is 5.10 Å². The Kier molecular flexibility index (Phi) is 3.30. The van der Waals surface area contributed by atoms with Gasteiger partial charge in [-0.15, -0.1) is 0 Å². The van der Waals surface area contributed by atoms with Gasteiger partial charge in [0.25, 0.3) is 0 Å². The largest absolute Gasteiger partial charge is 0.444 e. The van der Waals surface area contributed by atoms with E-state index in [1.807, 2.05) is 31.5 Å². The molecule has 0 bridgehead atoms. The third-order valence-corrected chi connectivity index (χ3v) is 2.72. The summed E-state index contributed by atoms with van der Waals surface area (Å²) < 4.78 is 7.16. The Labute approximate surface area is 107 Å². The molecular weight excluding hydrogens is 232 g/mol. The first-order valence-corrected chi connectivity index (χ1v) is 6.12. The maximum Gasteiger partial charge on any atom is 0.411 e. The third kappa shape index (κ3) is 2.81. The van der Waals surface area contributed by atoms with Crippen molar-refractivity contribution < 1.29 is 9.53 Å². The molecule has 0 radical (unpaired) electrons. The summed E-state index contributed by atoms with van der Waals surface area (Å²) in [6.07, 6.45) is 0.490. The molecule has 6 nitrogen and oxygen atoms in total. The van der Waals surface area contributed by atoms with Crippen LogP contribution < -0.4 is 5.73 Å². The van der Waals surface area contributed by atoms with E-state index in [4.69, 9.17) is 10.5 Å². The van der Waals surface area contributed by atoms with Crippen LogP contribution in [0, 0.1) is 0 Å². The number of fused-ring (bicyclic) bond motifs is 1. The van der Waals surface area contributed by atoms with Gasteiger partial charge < -0.3 is 10.5 Å². The van der Waals surface area contributed by atoms with Gasteiger partial charge in [0.1, 0.15) is 12.3 Å². The number of carbonyl (C=O) groups excluding carboxylic acids is 1. The highest BCUT2D eigenvalue weighted by atomic mass is 16.6. The van der Waals surface area contributed by atoms with Crippen molar-refractivity contribution in [2.45, 2.75) is 46.0 Å². The summed E-state index contributed by atoms with van der Waals surface area (Å²) in [5.74, 6) is 0. The van der Waals surface area contributed by atoms with E-state index in [9.17, 15) is 4.79 Å². The summed E-state index contributed by atoms with van der Waals surface area (Å²) in [5.41, 5.74) is 7.07. The maximum absolute atomic E-state index is 11.9. The Balaban J connectivity index is 2.05. The fourth-order valence-corrected chi connectivity index (χ4v) is 1.90. The second-order valence-electron chi connectivity index (χ2n) is 5.47. The molecule has 18 heavy (non-hydrogen) atoms. The average molecular weight is 252 g/mol. The molecular formula is C12H20N4O2. The van der Waals surface area contributed by atoms with E-state index in [-0.39, 0.29) is 6.09 Å². The zero-order valence-corrected chi connectivity index (χ0v) is 11.1. The Hall–Kier alpha value is -1.56. The van der Waals surface area contributed by atoms with Gasteiger partial charge in [0.05, 0.1) is 5.69 Å².